The standard InChI is InChI=1S/C32H25FN2O3/c1-37-29-18-17-22(19-23(29)20-38-30-16-7-5-13-26(30)33)31-34-27-14-6-4-12-25(27)32(36)35(31)28-15-8-10-21-9-2-3-11-24(21)28/h2-19,31,34H,20H2,1H3/t31-/m1/s1. The van der Waals surface area contributed by atoms with Crippen molar-refractivity contribution in [3.05, 3.63) is 132 Å². The van der Waals surface area contributed by atoms with E-state index in [2.05, 4.69) is 5.32 Å². The average molecular weight is 505 g/mol. The third kappa shape index (κ3) is 4.20. The van der Waals surface area contributed by atoms with Gasteiger partial charge in [-0.15, -0.1) is 0 Å². The molecule has 0 aliphatic carbocycles. The predicted octanol–water partition coefficient (Wildman–Crippen LogP) is 7.34. The molecule has 1 heterocycles. The van der Waals surface area contributed by atoms with Crippen LogP contribution in [0.2, 0.25) is 0 Å². The van der Waals surface area contributed by atoms with Crippen LogP contribution in [0.4, 0.5) is 15.8 Å². The number of methoxy groups -OCH3 is 1. The van der Waals surface area contributed by atoms with Crippen molar-refractivity contribution in [1.82, 2.24) is 0 Å². The minimum absolute atomic E-state index is 0.0966. The molecular formula is C32H25FN2O3. The lowest BCUT2D eigenvalue weighted by Gasteiger charge is -2.39. The first-order valence-corrected chi connectivity index (χ1v) is 12.3. The monoisotopic (exact) mass is 504 g/mol. The Morgan fingerprint density at radius 1 is 0.842 bits per heavy atom. The molecule has 0 unspecified atom stereocenters. The van der Waals surface area contributed by atoms with Crippen molar-refractivity contribution in [2.45, 2.75) is 12.8 Å². The molecule has 1 atom stereocenters. The lowest BCUT2D eigenvalue weighted by Crippen LogP contribution is -2.43. The predicted molar refractivity (Wildman–Crippen MR) is 147 cm³/mol. The fourth-order valence-electron chi connectivity index (χ4n) is 4.95. The zero-order chi connectivity index (χ0) is 26.1. The van der Waals surface area contributed by atoms with Crippen molar-refractivity contribution in [2.75, 3.05) is 17.3 Å². The number of hydrogen-bond donors (Lipinski definition) is 1. The summed E-state index contributed by atoms with van der Waals surface area (Å²) < 4.78 is 25.6. The first-order valence-electron chi connectivity index (χ1n) is 12.3. The minimum atomic E-state index is -0.499. The summed E-state index contributed by atoms with van der Waals surface area (Å²) >= 11 is 0. The molecule has 5 nitrogen and oxygen atoms in total. The molecule has 0 saturated carbocycles. The van der Waals surface area contributed by atoms with Gasteiger partial charge in [0.05, 0.1) is 18.4 Å². The van der Waals surface area contributed by atoms with E-state index in [4.69, 9.17) is 9.47 Å². The van der Waals surface area contributed by atoms with Crippen LogP contribution in [0.3, 0.4) is 0 Å². The second-order valence-electron chi connectivity index (χ2n) is 9.06. The van der Waals surface area contributed by atoms with E-state index in [1.807, 2.05) is 84.9 Å². The van der Waals surface area contributed by atoms with Gasteiger partial charge in [0, 0.05) is 16.6 Å². The first kappa shape index (κ1) is 23.6. The zero-order valence-electron chi connectivity index (χ0n) is 20.7. The van der Waals surface area contributed by atoms with E-state index in [-0.39, 0.29) is 18.3 Å². The van der Waals surface area contributed by atoms with Crippen molar-refractivity contribution in [3.63, 3.8) is 0 Å². The van der Waals surface area contributed by atoms with Gasteiger partial charge in [0.2, 0.25) is 0 Å². The number of nitrogens with one attached hydrogen (secondary N) is 1. The Morgan fingerprint density at radius 3 is 2.47 bits per heavy atom. The highest BCUT2D eigenvalue weighted by Gasteiger charge is 2.35. The van der Waals surface area contributed by atoms with Crippen LogP contribution in [0, 0.1) is 5.82 Å². The van der Waals surface area contributed by atoms with Crippen LogP contribution in [-0.2, 0) is 6.61 Å². The Hall–Kier alpha value is -4.84. The van der Waals surface area contributed by atoms with E-state index in [0.29, 0.717) is 11.3 Å². The summed E-state index contributed by atoms with van der Waals surface area (Å²) in [5.41, 5.74) is 3.75. The van der Waals surface area contributed by atoms with E-state index in [1.54, 1.807) is 30.2 Å². The number of carbonyl (C=O) groups excluding carboxylic acids is 1. The van der Waals surface area contributed by atoms with E-state index >= 15 is 0 Å². The topological polar surface area (TPSA) is 50.8 Å². The highest BCUT2D eigenvalue weighted by molar-refractivity contribution is 6.15. The quantitative estimate of drug-likeness (QED) is 0.263. The molecule has 0 fully saturated rings. The third-order valence-corrected chi connectivity index (χ3v) is 6.79. The van der Waals surface area contributed by atoms with Gasteiger partial charge in [-0.2, -0.15) is 0 Å². The minimum Gasteiger partial charge on any atom is -0.496 e. The number of para-hydroxylation sites is 2. The van der Waals surface area contributed by atoms with Gasteiger partial charge in [-0.05, 0) is 53.4 Å². The number of benzene rings is 5. The Kier molecular flexibility index (Phi) is 6.14. The van der Waals surface area contributed by atoms with Crippen molar-refractivity contribution >= 4 is 28.1 Å². The number of halogens is 1. The Bertz CT molecular complexity index is 1650. The van der Waals surface area contributed by atoms with E-state index in [0.717, 1.165) is 33.3 Å². The number of nitrogens with zero attached hydrogens (tertiary/aromatic N) is 1. The molecule has 38 heavy (non-hydrogen) atoms. The number of fused-ring (bicyclic) bond motifs is 2. The lowest BCUT2D eigenvalue weighted by atomic mass is 9.99. The summed E-state index contributed by atoms with van der Waals surface area (Å²) in [6, 6.07) is 33.5. The van der Waals surface area contributed by atoms with Gasteiger partial charge in [0.25, 0.3) is 5.91 Å². The summed E-state index contributed by atoms with van der Waals surface area (Å²) in [5.74, 6) is 0.253. The van der Waals surface area contributed by atoms with Crippen molar-refractivity contribution in [2.24, 2.45) is 0 Å². The van der Waals surface area contributed by atoms with Crippen LogP contribution < -0.4 is 19.7 Å². The normalized spacial score (nSPS) is 14.6. The SMILES string of the molecule is COc1ccc([C@@H]2Nc3ccccc3C(=O)N2c2cccc3ccccc23)cc1COc1ccccc1F. The van der Waals surface area contributed by atoms with Gasteiger partial charge in [0.1, 0.15) is 18.5 Å². The number of hydrogen-bond acceptors (Lipinski definition) is 4. The van der Waals surface area contributed by atoms with Crippen LogP contribution in [0.5, 0.6) is 11.5 Å². The maximum Gasteiger partial charge on any atom is 0.262 e. The second kappa shape index (κ2) is 9.90. The second-order valence-corrected chi connectivity index (χ2v) is 9.06. The Balaban J connectivity index is 1.45. The lowest BCUT2D eigenvalue weighted by molar-refractivity contribution is 0.0975. The summed E-state index contributed by atoms with van der Waals surface area (Å²) in [6.07, 6.45) is -0.499. The van der Waals surface area contributed by atoms with Crippen molar-refractivity contribution < 1.29 is 18.7 Å². The highest BCUT2D eigenvalue weighted by Crippen LogP contribution is 2.40. The number of anilines is 2. The van der Waals surface area contributed by atoms with Crippen LogP contribution in [0.25, 0.3) is 10.8 Å². The van der Waals surface area contributed by atoms with E-state index in [1.165, 1.54) is 6.07 Å². The Labute approximate surface area is 220 Å². The van der Waals surface area contributed by atoms with Crippen LogP contribution in [0.15, 0.2) is 109 Å². The van der Waals surface area contributed by atoms with Crippen LogP contribution >= 0.6 is 0 Å². The van der Waals surface area contributed by atoms with Crippen molar-refractivity contribution in [1.29, 1.82) is 0 Å². The molecule has 1 amide bonds. The number of rotatable bonds is 6. The molecule has 1 aliphatic heterocycles. The van der Waals surface area contributed by atoms with E-state index < -0.39 is 12.0 Å². The third-order valence-electron chi connectivity index (χ3n) is 6.79. The van der Waals surface area contributed by atoms with Crippen LogP contribution in [-0.4, -0.2) is 13.0 Å². The van der Waals surface area contributed by atoms with Gasteiger partial charge < -0.3 is 14.8 Å². The zero-order valence-corrected chi connectivity index (χ0v) is 20.7. The van der Waals surface area contributed by atoms with Gasteiger partial charge in [-0.3, -0.25) is 9.69 Å². The smallest absolute Gasteiger partial charge is 0.262 e. The summed E-state index contributed by atoms with van der Waals surface area (Å²) in [6.45, 7) is 0.101. The summed E-state index contributed by atoms with van der Waals surface area (Å²) in [4.78, 5) is 15.8. The molecule has 0 spiro atoms. The molecule has 1 N–H and O–H groups in total. The van der Waals surface area contributed by atoms with E-state index in [9.17, 15) is 9.18 Å². The number of carbonyl (C=O) groups is 1. The molecule has 5 aromatic rings. The summed E-state index contributed by atoms with van der Waals surface area (Å²) in [7, 11) is 1.59. The fourth-order valence-corrected chi connectivity index (χ4v) is 4.95. The van der Waals surface area contributed by atoms with Gasteiger partial charge in [0.15, 0.2) is 11.6 Å². The first-order chi connectivity index (χ1) is 18.6. The van der Waals surface area contributed by atoms with Gasteiger partial charge in [-0.25, -0.2) is 4.39 Å². The molecule has 6 heteroatoms. The van der Waals surface area contributed by atoms with Gasteiger partial charge in [-0.1, -0.05) is 66.7 Å². The maximum absolute atomic E-state index is 14.2. The molecule has 0 saturated heterocycles. The fraction of sp³-hybridized carbons (Fsp3) is 0.0938. The summed E-state index contributed by atoms with van der Waals surface area (Å²) in [5, 5.41) is 5.59. The van der Waals surface area contributed by atoms with Crippen molar-refractivity contribution in [3.8, 4) is 11.5 Å². The molecule has 5 aromatic carbocycles. The molecule has 188 valence electrons. The van der Waals surface area contributed by atoms with Crippen LogP contribution in [0.1, 0.15) is 27.7 Å². The number of amides is 1. The largest absolute Gasteiger partial charge is 0.496 e. The Morgan fingerprint density at radius 2 is 1.61 bits per heavy atom. The molecule has 0 bridgehead atoms. The highest BCUT2D eigenvalue weighted by atomic mass is 19.1. The molecule has 0 radical (unpaired) electrons. The van der Waals surface area contributed by atoms with Gasteiger partial charge >= 0.3 is 0 Å². The average Bonchev–Trinajstić information content (AvgIpc) is 2.96. The molecular weight excluding hydrogens is 479 g/mol. The molecule has 0 aromatic heterocycles. The number of ether oxygens (including phenoxy) is 2. The maximum atomic E-state index is 14.2. The molecule has 6 rings (SSSR count). The molecule has 1 aliphatic rings.